The number of nitrogens with zero attached hydrogens (tertiary/aromatic N) is 1. The molecule has 0 aliphatic carbocycles. The maximum Gasteiger partial charge on any atom is 0.228 e. The Bertz CT molecular complexity index is 777. The van der Waals surface area contributed by atoms with Crippen LogP contribution in [0, 0.1) is 5.92 Å². The lowest BCUT2D eigenvalue weighted by Crippen LogP contribution is -2.28. The van der Waals surface area contributed by atoms with Gasteiger partial charge in [-0.1, -0.05) is 43.1 Å². The molecule has 0 saturated heterocycles. The molecule has 5 nitrogen and oxygen atoms in total. The fraction of sp³-hybridized carbons (Fsp3) is 0.353. The molecule has 0 bridgehead atoms. The summed E-state index contributed by atoms with van der Waals surface area (Å²) < 4.78 is 0. The normalized spacial score (nSPS) is 12.1. The van der Waals surface area contributed by atoms with Gasteiger partial charge in [-0.05, 0) is 24.6 Å². The molecule has 0 aliphatic rings. The lowest BCUT2D eigenvalue weighted by Gasteiger charge is -2.15. The summed E-state index contributed by atoms with van der Waals surface area (Å²) >= 11 is 13.3. The lowest BCUT2D eigenvalue weighted by molar-refractivity contribution is -0.121. The summed E-state index contributed by atoms with van der Waals surface area (Å²) in [6.45, 7) is 5.46. The number of aromatic nitrogens is 1. The number of carbonyl (C=O) groups excluding carboxylic acids is 2. The first kappa shape index (κ1) is 19.7. The van der Waals surface area contributed by atoms with Crippen LogP contribution in [0.25, 0.3) is 0 Å². The van der Waals surface area contributed by atoms with Crippen molar-refractivity contribution in [1.29, 1.82) is 0 Å². The van der Waals surface area contributed by atoms with Crippen molar-refractivity contribution in [2.45, 2.75) is 33.2 Å². The van der Waals surface area contributed by atoms with Gasteiger partial charge in [-0.25, -0.2) is 4.98 Å². The minimum absolute atomic E-state index is 0.101. The molecule has 1 atom stereocenters. The highest BCUT2D eigenvalue weighted by molar-refractivity contribution is 7.13. The van der Waals surface area contributed by atoms with Gasteiger partial charge in [0.25, 0.3) is 0 Å². The number of thiazole rings is 1. The van der Waals surface area contributed by atoms with Crippen molar-refractivity contribution in [3.05, 3.63) is 44.9 Å². The van der Waals surface area contributed by atoms with Crippen LogP contribution in [0.1, 0.15) is 38.1 Å². The molecule has 2 rings (SSSR count). The third-order valence-electron chi connectivity index (χ3n) is 3.45. The van der Waals surface area contributed by atoms with Gasteiger partial charge in [-0.3, -0.25) is 9.59 Å². The van der Waals surface area contributed by atoms with Crippen LogP contribution in [0.4, 0.5) is 5.13 Å². The second-order valence-corrected chi connectivity index (χ2v) is 7.62. The molecule has 1 aromatic heterocycles. The molecule has 1 aromatic carbocycles. The van der Waals surface area contributed by atoms with Crippen molar-refractivity contribution in [3.63, 3.8) is 0 Å². The van der Waals surface area contributed by atoms with Crippen LogP contribution >= 0.6 is 34.5 Å². The zero-order chi connectivity index (χ0) is 18.6. The minimum atomic E-state index is -0.254. The van der Waals surface area contributed by atoms with Crippen LogP contribution in [-0.2, 0) is 16.0 Å². The number of rotatable bonds is 6. The number of amides is 2. The first-order valence-electron chi connectivity index (χ1n) is 7.76. The molecule has 1 unspecified atom stereocenters. The van der Waals surface area contributed by atoms with Gasteiger partial charge >= 0.3 is 0 Å². The van der Waals surface area contributed by atoms with Crippen LogP contribution in [0.2, 0.25) is 10.0 Å². The third-order valence-corrected chi connectivity index (χ3v) is 4.82. The van der Waals surface area contributed by atoms with Crippen molar-refractivity contribution in [3.8, 4) is 0 Å². The SMILES string of the molecule is CC(C)C(=O)Nc1nc(CC(=O)NC(C)c2ccc(Cl)cc2Cl)cs1. The molecular weight excluding hydrogens is 381 g/mol. The zero-order valence-electron chi connectivity index (χ0n) is 14.1. The summed E-state index contributed by atoms with van der Waals surface area (Å²) in [6, 6.07) is 4.91. The smallest absolute Gasteiger partial charge is 0.228 e. The topological polar surface area (TPSA) is 71.1 Å². The summed E-state index contributed by atoms with van der Waals surface area (Å²) in [5, 5.41) is 8.91. The molecule has 0 saturated carbocycles. The maximum atomic E-state index is 12.2. The van der Waals surface area contributed by atoms with Gasteiger partial charge in [-0.2, -0.15) is 0 Å². The highest BCUT2D eigenvalue weighted by Gasteiger charge is 2.15. The Morgan fingerprint density at radius 1 is 1.24 bits per heavy atom. The number of hydrogen-bond acceptors (Lipinski definition) is 4. The van der Waals surface area contributed by atoms with E-state index in [0.29, 0.717) is 20.9 Å². The van der Waals surface area contributed by atoms with Gasteiger partial charge in [0.2, 0.25) is 11.8 Å². The van der Waals surface area contributed by atoms with E-state index in [1.165, 1.54) is 11.3 Å². The third kappa shape index (κ3) is 5.70. The molecule has 0 fully saturated rings. The highest BCUT2D eigenvalue weighted by atomic mass is 35.5. The standard InChI is InChI=1S/C17H19Cl2N3O2S/c1-9(2)16(24)22-17-21-12(8-25-17)7-15(23)20-10(3)13-5-4-11(18)6-14(13)19/h4-6,8-10H,7H2,1-3H3,(H,20,23)(H,21,22,24). The van der Waals surface area contributed by atoms with Crippen LogP contribution in [0.5, 0.6) is 0 Å². The highest BCUT2D eigenvalue weighted by Crippen LogP contribution is 2.26. The number of benzene rings is 1. The van der Waals surface area contributed by atoms with Crippen molar-refractivity contribution in [2.75, 3.05) is 5.32 Å². The van der Waals surface area contributed by atoms with Crippen molar-refractivity contribution in [2.24, 2.45) is 5.92 Å². The first-order valence-corrected chi connectivity index (χ1v) is 9.39. The number of halogens is 2. The van der Waals surface area contributed by atoms with Crippen molar-refractivity contribution < 1.29 is 9.59 Å². The fourth-order valence-electron chi connectivity index (χ4n) is 2.08. The van der Waals surface area contributed by atoms with E-state index >= 15 is 0 Å². The molecule has 2 aromatic rings. The van der Waals surface area contributed by atoms with Gasteiger partial charge in [0.05, 0.1) is 18.2 Å². The Morgan fingerprint density at radius 2 is 1.96 bits per heavy atom. The molecule has 2 amide bonds. The minimum Gasteiger partial charge on any atom is -0.349 e. The van der Waals surface area contributed by atoms with Crippen molar-refractivity contribution >= 4 is 51.5 Å². The Hall–Kier alpha value is -1.63. The monoisotopic (exact) mass is 399 g/mol. The van der Waals surface area contributed by atoms with E-state index in [9.17, 15) is 9.59 Å². The lowest BCUT2D eigenvalue weighted by atomic mass is 10.1. The predicted molar refractivity (Wildman–Crippen MR) is 102 cm³/mol. The number of hydrogen-bond donors (Lipinski definition) is 2. The van der Waals surface area contributed by atoms with Crippen LogP contribution in [0.15, 0.2) is 23.6 Å². The van der Waals surface area contributed by atoms with Crippen LogP contribution in [0.3, 0.4) is 0 Å². The fourth-order valence-corrected chi connectivity index (χ4v) is 3.37. The summed E-state index contributed by atoms with van der Waals surface area (Å²) in [5.74, 6) is -0.400. The number of nitrogens with one attached hydrogen (secondary N) is 2. The maximum absolute atomic E-state index is 12.2. The molecule has 25 heavy (non-hydrogen) atoms. The van der Waals surface area contributed by atoms with Gasteiger partial charge < -0.3 is 10.6 Å². The predicted octanol–water partition coefficient (Wildman–Crippen LogP) is 4.46. The quantitative estimate of drug-likeness (QED) is 0.752. The average molecular weight is 400 g/mol. The number of carbonyl (C=O) groups is 2. The van der Waals surface area contributed by atoms with E-state index in [1.807, 2.05) is 6.92 Å². The molecule has 0 radical (unpaired) electrons. The summed E-state index contributed by atoms with van der Waals surface area (Å²) in [4.78, 5) is 28.1. The van der Waals surface area contributed by atoms with Crippen LogP contribution < -0.4 is 10.6 Å². The number of anilines is 1. The van der Waals surface area contributed by atoms with E-state index in [-0.39, 0.29) is 30.2 Å². The Kier molecular flexibility index (Phi) is 6.81. The van der Waals surface area contributed by atoms with Gasteiger partial charge in [0, 0.05) is 21.3 Å². The molecule has 0 aliphatic heterocycles. The van der Waals surface area contributed by atoms with E-state index in [4.69, 9.17) is 23.2 Å². The Labute approximate surface area is 160 Å². The van der Waals surface area contributed by atoms with E-state index in [1.54, 1.807) is 37.4 Å². The second kappa shape index (κ2) is 8.65. The average Bonchev–Trinajstić information content (AvgIpc) is 2.93. The second-order valence-electron chi connectivity index (χ2n) is 5.92. The van der Waals surface area contributed by atoms with E-state index in [0.717, 1.165) is 5.56 Å². The molecule has 8 heteroatoms. The van der Waals surface area contributed by atoms with Gasteiger partial charge in [-0.15, -0.1) is 11.3 Å². The molecule has 0 spiro atoms. The Balaban J connectivity index is 1.94. The van der Waals surface area contributed by atoms with E-state index in [2.05, 4.69) is 15.6 Å². The summed E-state index contributed by atoms with van der Waals surface area (Å²) in [5.41, 5.74) is 1.40. The zero-order valence-corrected chi connectivity index (χ0v) is 16.4. The largest absolute Gasteiger partial charge is 0.349 e. The van der Waals surface area contributed by atoms with Crippen molar-refractivity contribution in [1.82, 2.24) is 10.3 Å². The molecule has 1 heterocycles. The summed E-state index contributed by atoms with van der Waals surface area (Å²) in [6.07, 6.45) is 0.129. The Morgan fingerprint density at radius 3 is 2.60 bits per heavy atom. The molecule has 2 N–H and O–H groups in total. The van der Waals surface area contributed by atoms with Crippen LogP contribution in [-0.4, -0.2) is 16.8 Å². The van der Waals surface area contributed by atoms with Gasteiger partial charge in [0.1, 0.15) is 0 Å². The van der Waals surface area contributed by atoms with E-state index < -0.39 is 0 Å². The first-order chi connectivity index (χ1) is 11.8. The molecule has 134 valence electrons. The van der Waals surface area contributed by atoms with Gasteiger partial charge in [0.15, 0.2) is 5.13 Å². The molecular formula is C17H19Cl2N3O2S. The summed E-state index contributed by atoms with van der Waals surface area (Å²) in [7, 11) is 0.